The lowest BCUT2D eigenvalue weighted by Gasteiger charge is -2.40. The fourth-order valence-electron chi connectivity index (χ4n) is 4.68. The third kappa shape index (κ3) is 2.21. The SMILES string of the molecule is CC(NC1CC2CCC1(C)C2(C)C)c1cc(F)cc(F)c1. The van der Waals surface area contributed by atoms with Crippen LogP contribution >= 0.6 is 0 Å². The van der Waals surface area contributed by atoms with Crippen LogP contribution in [0.2, 0.25) is 0 Å². The Morgan fingerprint density at radius 2 is 1.76 bits per heavy atom. The van der Waals surface area contributed by atoms with E-state index in [0.717, 1.165) is 12.0 Å². The Hall–Kier alpha value is -0.960. The van der Waals surface area contributed by atoms with Crippen molar-refractivity contribution in [1.29, 1.82) is 0 Å². The molecule has 0 radical (unpaired) electrons. The molecule has 2 bridgehead atoms. The molecular weight excluding hydrogens is 268 g/mol. The number of halogens is 2. The van der Waals surface area contributed by atoms with Gasteiger partial charge in [0.1, 0.15) is 11.6 Å². The lowest BCUT2D eigenvalue weighted by atomic mass is 9.69. The van der Waals surface area contributed by atoms with Crippen LogP contribution in [-0.2, 0) is 0 Å². The molecule has 0 amide bonds. The summed E-state index contributed by atoms with van der Waals surface area (Å²) >= 11 is 0. The van der Waals surface area contributed by atoms with Crippen molar-refractivity contribution in [3.8, 4) is 0 Å². The zero-order valence-corrected chi connectivity index (χ0v) is 13.3. The van der Waals surface area contributed by atoms with Crippen molar-refractivity contribution in [2.45, 2.75) is 59.0 Å². The molecule has 3 heteroatoms. The van der Waals surface area contributed by atoms with Gasteiger partial charge in [-0.05, 0) is 60.6 Å². The molecule has 0 aliphatic heterocycles. The molecule has 0 saturated heterocycles. The van der Waals surface area contributed by atoms with Crippen molar-refractivity contribution in [3.63, 3.8) is 0 Å². The van der Waals surface area contributed by atoms with Gasteiger partial charge in [-0.25, -0.2) is 8.78 Å². The minimum Gasteiger partial charge on any atom is -0.307 e. The first-order valence-electron chi connectivity index (χ1n) is 7.96. The van der Waals surface area contributed by atoms with Gasteiger partial charge in [0.2, 0.25) is 0 Å². The van der Waals surface area contributed by atoms with E-state index in [1.165, 1.54) is 31.4 Å². The summed E-state index contributed by atoms with van der Waals surface area (Å²) in [5.74, 6) is -0.243. The summed E-state index contributed by atoms with van der Waals surface area (Å²) in [5, 5.41) is 3.64. The molecule has 0 aromatic heterocycles. The minimum atomic E-state index is -0.502. The van der Waals surface area contributed by atoms with Gasteiger partial charge in [-0.2, -0.15) is 0 Å². The molecule has 4 atom stereocenters. The molecule has 2 fully saturated rings. The van der Waals surface area contributed by atoms with Crippen LogP contribution in [0.25, 0.3) is 0 Å². The van der Waals surface area contributed by atoms with Gasteiger partial charge in [-0.3, -0.25) is 0 Å². The highest BCUT2D eigenvalue weighted by atomic mass is 19.1. The van der Waals surface area contributed by atoms with Gasteiger partial charge in [-0.15, -0.1) is 0 Å². The van der Waals surface area contributed by atoms with E-state index in [4.69, 9.17) is 0 Å². The maximum Gasteiger partial charge on any atom is 0.126 e. The number of hydrogen-bond donors (Lipinski definition) is 1. The minimum absolute atomic E-state index is 0.0350. The molecule has 4 unspecified atom stereocenters. The average molecular weight is 293 g/mol. The fraction of sp³-hybridized carbons (Fsp3) is 0.667. The van der Waals surface area contributed by atoms with E-state index in [1.807, 2.05) is 6.92 Å². The molecule has 0 heterocycles. The van der Waals surface area contributed by atoms with Gasteiger partial charge in [-0.1, -0.05) is 20.8 Å². The van der Waals surface area contributed by atoms with Crippen LogP contribution < -0.4 is 5.32 Å². The van der Waals surface area contributed by atoms with Crippen molar-refractivity contribution in [1.82, 2.24) is 5.32 Å². The molecule has 2 aliphatic rings. The van der Waals surface area contributed by atoms with Crippen LogP contribution in [0.5, 0.6) is 0 Å². The highest BCUT2D eigenvalue weighted by Gasteiger charge is 2.61. The third-order valence-corrected chi connectivity index (χ3v) is 6.63. The van der Waals surface area contributed by atoms with Crippen molar-refractivity contribution in [3.05, 3.63) is 35.4 Å². The zero-order valence-electron chi connectivity index (χ0n) is 13.3. The van der Waals surface area contributed by atoms with E-state index in [1.54, 1.807) is 0 Å². The summed E-state index contributed by atoms with van der Waals surface area (Å²) in [6.45, 7) is 9.12. The second kappa shape index (κ2) is 4.77. The smallest absolute Gasteiger partial charge is 0.126 e. The van der Waals surface area contributed by atoms with Crippen molar-refractivity contribution in [2.75, 3.05) is 0 Å². The molecule has 1 N–H and O–H groups in total. The van der Waals surface area contributed by atoms with E-state index < -0.39 is 11.6 Å². The molecule has 116 valence electrons. The van der Waals surface area contributed by atoms with E-state index in [2.05, 4.69) is 26.1 Å². The van der Waals surface area contributed by atoms with Gasteiger partial charge in [0.05, 0.1) is 0 Å². The summed E-state index contributed by atoms with van der Waals surface area (Å²) < 4.78 is 26.8. The normalized spacial score (nSPS) is 35.1. The van der Waals surface area contributed by atoms with Crippen LogP contribution in [0.3, 0.4) is 0 Å². The molecule has 21 heavy (non-hydrogen) atoms. The van der Waals surface area contributed by atoms with Gasteiger partial charge in [0.25, 0.3) is 0 Å². The van der Waals surface area contributed by atoms with Gasteiger partial charge in [0.15, 0.2) is 0 Å². The predicted octanol–water partition coefficient (Wildman–Crippen LogP) is 4.83. The van der Waals surface area contributed by atoms with Gasteiger partial charge < -0.3 is 5.32 Å². The predicted molar refractivity (Wildman–Crippen MR) is 80.9 cm³/mol. The second-order valence-corrected chi connectivity index (χ2v) is 7.75. The van der Waals surface area contributed by atoms with E-state index >= 15 is 0 Å². The quantitative estimate of drug-likeness (QED) is 0.841. The molecule has 1 aromatic carbocycles. The van der Waals surface area contributed by atoms with Crippen LogP contribution in [0.1, 0.15) is 58.6 Å². The average Bonchev–Trinajstić information content (AvgIpc) is 2.70. The summed E-state index contributed by atoms with van der Waals surface area (Å²) in [7, 11) is 0. The van der Waals surface area contributed by atoms with Crippen LogP contribution in [0.15, 0.2) is 18.2 Å². The van der Waals surface area contributed by atoms with E-state index in [9.17, 15) is 8.78 Å². The Labute approximate surface area is 126 Å². The molecule has 1 nitrogen and oxygen atoms in total. The first-order valence-corrected chi connectivity index (χ1v) is 7.96. The molecule has 2 aliphatic carbocycles. The maximum absolute atomic E-state index is 13.4. The van der Waals surface area contributed by atoms with Crippen LogP contribution in [0.4, 0.5) is 8.78 Å². The molecule has 3 rings (SSSR count). The number of fused-ring (bicyclic) bond motifs is 2. The Kier molecular flexibility index (Phi) is 3.40. The van der Waals surface area contributed by atoms with Crippen LogP contribution in [0, 0.1) is 28.4 Å². The van der Waals surface area contributed by atoms with E-state index in [0.29, 0.717) is 17.0 Å². The summed E-state index contributed by atoms with van der Waals surface area (Å²) in [5.41, 5.74) is 1.31. The van der Waals surface area contributed by atoms with Crippen molar-refractivity contribution in [2.24, 2.45) is 16.7 Å². The summed E-state index contributed by atoms with van der Waals surface area (Å²) in [6.07, 6.45) is 3.73. The van der Waals surface area contributed by atoms with Crippen molar-refractivity contribution >= 4 is 0 Å². The monoisotopic (exact) mass is 293 g/mol. The molecular formula is C18H25F2N. The highest BCUT2D eigenvalue weighted by molar-refractivity contribution is 5.22. The second-order valence-electron chi connectivity index (χ2n) is 7.75. The first kappa shape index (κ1) is 15.0. The third-order valence-electron chi connectivity index (χ3n) is 6.63. The first-order chi connectivity index (χ1) is 9.74. The standard InChI is InChI=1S/C18H25F2N/c1-11(12-7-14(19)10-15(20)8-12)21-16-9-13-5-6-18(16,4)17(13,2)3/h7-8,10-11,13,16,21H,5-6,9H2,1-4H3. The Bertz CT molecular complexity index is 534. The lowest BCUT2D eigenvalue weighted by Crippen LogP contribution is -2.45. The van der Waals surface area contributed by atoms with Gasteiger partial charge >= 0.3 is 0 Å². The molecule has 1 aromatic rings. The van der Waals surface area contributed by atoms with E-state index in [-0.39, 0.29) is 11.5 Å². The number of hydrogen-bond acceptors (Lipinski definition) is 1. The Morgan fingerprint density at radius 1 is 1.14 bits per heavy atom. The molecule has 0 spiro atoms. The fourth-order valence-corrected chi connectivity index (χ4v) is 4.68. The Morgan fingerprint density at radius 3 is 2.24 bits per heavy atom. The number of rotatable bonds is 3. The summed E-state index contributed by atoms with van der Waals surface area (Å²) in [6, 6.07) is 4.18. The van der Waals surface area contributed by atoms with Crippen LogP contribution in [-0.4, -0.2) is 6.04 Å². The largest absolute Gasteiger partial charge is 0.307 e. The zero-order chi connectivity index (χ0) is 15.4. The maximum atomic E-state index is 13.4. The number of benzene rings is 1. The topological polar surface area (TPSA) is 12.0 Å². The number of nitrogens with one attached hydrogen (secondary N) is 1. The Balaban J connectivity index is 1.79. The van der Waals surface area contributed by atoms with Crippen molar-refractivity contribution < 1.29 is 8.78 Å². The lowest BCUT2D eigenvalue weighted by molar-refractivity contribution is 0.116. The molecule has 2 saturated carbocycles. The summed E-state index contributed by atoms with van der Waals surface area (Å²) in [4.78, 5) is 0. The van der Waals surface area contributed by atoms with Gasteiger partial charge in [0, 0.05) is 18.2 Å². The highest BCUT2D eigenvalue weighted by Crippen LogP contribution is 2.65.